The van der Waals surface area contributed by atoms with Crippen molar-refractivity contribution in [3.05, 3.63) is 58.1 Å². The number of benzene rings is 2. The number of rotatable bonds is 6. The van der Waals surface area contributed by atoms with Crippen LogP contribution < -0.4 is 15.4 Å². The summed E-state index contributed by atoms with van der Waals surface area (Å²) in [6.45, 7) is 5.20. The van der Waals surface area contributed by atoms with Gasteiger partial charge in [0.15, 0.2) is 0 Å². The summed E-state index contributed by atoms with van der Waals surface area (Å²) in [7, 11) is 1.51. The third-order valence-electron chi connectivity index (χ3n) is 5.64. The fourth-order valence-corrected chi connectivity index (χ4v) is 3.93. The number of ether oxygens (including phenoxy) is 1. The van der Waals surface area contributed by atoms with Gasteiger partial charge in [0.1, 0.15) is 5.75 Å². The lowest BCUT2D eigenvalue weighted by atomic mass is 9.95. The summed E-state index contributed by atoms with van der Waals surface area (Å²) in [6, 6.07) is 10.2. The van der Waals surface area contributed by atoms with Crippen LogP contribution in [0.1, 0.15) is 46.0 Å². The van der Waals surface area contributed by atoms with Crippen molar-refractivity contribution in [3.8, 4) is 5.75 Å². The molecule has 0 aliphatic carbocycles. The number of likely N-dealkylation sites (tertiary alicyclic amines) is 1. The Balaban J connectivity index is 1.63. The van der Waals surface area contributed by atoms with Crippen LogP contribution in [-0.4, -0.2) is 49.4 Å². The van der Waals surface area contributed by atoms with Gasteiger partial charge in [-0.1, -0.05) is 17.7 Å². The molecule has 170 valence electrons. The Morgan fingerprint density at radius 2 is 1.84 bits per heavy atom. The molecule has 0 saturated carbocycles. The molecule has 1 fully saturated rings. The standard InChI is InChI=1S/C24H28ClN3O4/c1-4-26-22(29)17-6-5-15(2)20(13-17)27-23(30)16-9-11-28(12-10-16)24(31)19-14-18(25)7-8-21(19)32-3/h5-8,13-14,16H,4,9-12H2,1-3H3,(H,26,29)(H,27,30). The van der Waals surface area contributed by atoms with Crippen molar-refractivity contribution in [2.75, 3.05) is 32.1 Å². The van der Waals surface area contributed by atoms with E-state index in [1.165, 1.54) is 7.11 Å². The Hall–Kier alpha value is -3.06. The van der Waals surface area contributed by atoms with E-state index in [1.54, 1.807) is 35.2 Å². The van der Waals surface area contributed by atoms with Crippen LogP contribution in [0.25, 0.3) is 0 Å². The van der Waals surface area contributed by atoms with Crippen LogP contribution >= 0.6 is 11.6 Å². The number of anilines is 1. The molecular weight excluding hydrogens is 430 g/mol. The van der Waals surface area contributed by atoms with Gasteiger partial charge in [-0.15, -0.1) is 0 Å². The average Bonchev–Trinajstić information content (AvgIpc) is 2.80. The molecule has 0 unspecified atom stereocenters. The number of nitrogens with one attached hydrogen (secondary N) is 2. The van der Waals surface area contributed by atoms with Crippen LogP contribution in [0.15, 0.2) is 36.4 Å². The van der Waals surface area contributed by atoms with E-state index in [4.69, 9.17) is 16.3 Å². The lowest BCUT2D eigenvalue weighted by Crippen LogP contribution is -2.41. The van der Waals surface area contributed by atoms with Gasteiger partial charge in [0.25, 0.3) is 11.8 Å². The molecule has 0 spiro atoms. The Morgan fingerprint density at radius 1 is 1.12 bits per heavy atom. The lowest BCUT2D eigenvalue weighted by molar-refractivity contribution is -0.121. The van der Waals surface area contributed by atoms with E-state index in [0.29, 0.717) is 60.1 Å². The Bertz CT molecular complexity index is 1020. The minimum Gasteiger partial charge on any atom is -0.496 e. The zero-order chi connectivity index (χ0) is 23.3. The molecule has 0 bridgehead atoms. The first-order chi connectivity index (χ1) is 15.3. The minimum atomic E-state index is -0.215. The van der Waals surface area contributed by atoms with Crippen LogP contribution in [0.4, 0.5) is 5.69 Å². The Kier molecular flexibility index (Phi) is 7.75. The summed E-state index contributed by atoms with van der Waals surface area (Å²) in [5.74, 6) is -0.178. The maximum atomic E-state index is 12.9. The molecule has 2 aromatic rings. The van der Waals surface area contributed by atoms with E-state index in [0.717, 1.165) is 5.56 Å². The van der Waals surface area contributed by atoms with Crippen molar-refractivity contribution in [1.29, 1.82) is 0 Å². The molecular formula is C24H28ClN3O4. The predicted molar refractivity (Wildman–Crippen MR) is 124 cm³/mol. The number of carbonyl (C=O) groups excluding carboxylic acids is 3. The second-order valence-electron chi connectivity index (χ2n) is 7.79. The topological polar surface area (TPSA) is 87.7 Å². The number of hydrogen-bond donors (Lipinski definition) is 2. The van der Waals surface area contributed by atoms with Crippen LogP contribution in [-0.2, 0) is 4.79 Å². The molecule has 8 heteroatoms. The zero-order valence-corrected chi connectivity index (χ0v) is 19.3. The van der Waals surface area contributed by atoms with E-state index in [2.05, 4.69) is 10.6 Å². The van der Waals surface area contributed by atoms with Gasteiger partial charge in [-0.3, -0.25) is 14.4 Å². The van der Waals surface area contributed by atoms with Crippen LogP contribution in [0.5, 0.6) is 5.75 Å². The first kappa shape index (κ1) is 23.6. The SMILES string of the molecule is CCNC(=O)c1ccc(C)c(NC(=O)C2CCN(C(=O)c3cc(Cl)ccc3OC)CC2)c1. The summed E-state index contributed by atoms with van der Waals surface area (Å²) in [6.07, 6.45) is 1.10. The summed E-state index contributed by atoms with van der Waals surface area (Å²) < 4.78 is 5.29. The summed E-state index contributed by atoms with van der Waals surface area (Å²) in [4.78, 5) is 39.6. The molecule has 32 heavy (non-hydrogen) atoms. The molecule has 3 amide bonds. The van der Waals surface area contributed by atoms with E-state index < -0.39 is 0 Å². The highest BCUT2D eigenvalue weighted by Gasteiger charge is 2.29. The number of halogens is 1. The molecule has 0 radical (unpaired) electrons. The van der Waals surface area contributed by atoms with E-state index in [-0.39, 0.29) is 23.6 Å². The lowest BCUT2D eigenvalue weighted by Gasteiger charge is -2.31. The van der Waals surface area contributed by atoms with Gasteiger partial charge in [-0.2, -0.15) is 0 Å². The normalized spacial score (nSPS) is 14.1. The van der Waals surface area contributed by atoms with Crippen molar-refractivity contribution < 1.29 is 19.1 Å². The van der Waals surface area contributed by atoms with Gasteiger partial charge in [0.05, 0.1) is 12.7 Å². The van der Waals surface area contributed by atoms with E-state index >= 15 is 0 Å². The van der Waals surface area contributed by atoms with Crippen molar-refractivity contribution >= 4 is 35.0 Å². The maximum absolute atomic E-state index is 12.9. The fourth-order valence-electron chi connectivity index (χ4n) is 3.76. The first-order valence-corrected chi connectivity index (χ1v) is 11.0. The van der Waals surface area contributed by atoms with Gasteiger partial charge in [-0.25, -0.2) is 0 Å². The number of carbonyl (C=O) groups is 3. The highest BCUT2D eigenvalue weighted by atomic mass is 35.5. The maximum Gasteiger partial charge on any atom is 0.257 e. The highest BCUT2D eigenvalue weighted by Crippen LogP contribution is 2.27. The monoisotopic (exact) mass is 457 g/mol. The number of nitrogens with zero attached hydrogens (tertiary/aromatic N) is 1. The van der Waals surface area contributed by atoms with Crippen LogP contribution in [0.2, 0.25) is 5.02 Å². The zero-order valence-electron chi connectivity index (χ0n) is 18.5. The first-order valence-electron chi connectivity index (χ1n) is 10.7. The number of hydrogen-bond acceptors (Lipinski definition) is 4. The molecule has 1 heterocycles. The predicted octanol–water partition coefficient (Wildman–Crippen LogP) is 3.90. The van der Waals surface area contributed by atoms with Crippen molar-refractivity contribution in [3.63, 3.8) is 0 Å². The van der Waals surface area contributed by atoms with E-state index in [1.807, 2.05) is 19.9 Å². The molecule has 3 rings (SSSR count). The van der Waals surface area contributed by atoms with Gasteiger partial charge < -0.3 is 20.3 Å². The summed E-state index contributed by atoms with van der Waals surface area (Å²) >= 11 is 6.06. The third-order valence-corrected chi connectivity index (χ3v) is 5.87. The summed E-state index contributed by atoms with van der Waals surface area (Å²) in [5.41, 5.74) is 2.43. The molecule has 1 aliphatic heterocycles. The highest BCUT2D eigenvalue weighted by molar-refractivity contribution is 6.31. The van der Waals surface area contributed by atoms with Crippen LogP contribution in [0, 0.1) is 12.8 Å². The molecule has 0 aromatic heterocycles. The molecule has 2 N–H and O–H groups in total. The number of aryl methyl sites for hydroxylation is 1. The second-order valence-corrected chi connectivity index (χ2v) is 8.23. The largest absolute Gasteiger partial charge is 0.496 e. The molecule has 1 saturated heterocycles. The van der Waals surface area contributed by atoms with E-state index in [9.17, 15) is 14.4 Å². The van der Waals surface area contributed by atoms with Crippen molar-refractivity contribution in [1.82, 2.24) is 10.2 Å². The van der Waals surface area contributed by atoms with Gasteiger partial charge >= 0.3 is 0 Å². The second kappa shape index (κ2) is 10.5. The van der Waals surface area contributed by atoms with Crippen LogP contribution in [0.3, 0.4) is 0 Å². The van der Waals surface area contributed by atoms with Crippen molar-refractivity contribution in [2.24, 2.45) is 5.92 Å². The third kappa shape index (κ3) is 5.40. The van der Waals surface area contributed by atoms with Gasteiger partial charge in [0.2, 0.25) is 5.91 Å². The Labute approximate surface area is 193 Å². The average molecular weight is 458 g/mol. The molecule has 1 aliphatic rings. The van der Waals surface area contributed by atoms with Gasteiger partial charge in [-0.05, 0) is 62.6 Å². The molecule has 7 nitrogen and oxygen atoms in total. The fraction of sp³-hybridized carbons (Fsp3) is 0.375. The minimum absolute atomic E-state index is 0.103. The summed E-state index contributed by atoms with van der Waals surface area (Å²) in [5, 5.41) is 6.18. The Morgan fingerprint density at radius 3 is 2.50 bits per heavy atom. The number of methoxy groups -OCH3 is 1. The molecule has 2 aromatic carbocycles. The van der Waals surface area contributed by atoms with Gasteiger partial charge in [0, 0.05) is 41.8 Å². The van der Waals surface area contributed by atoms with Crippen molar-refractivity contribution in [2.45, 2.75) is 26.7 Å². The number of piperidine rings is 1. The molecule has 0 atom stereocenters. The quantitative estimate of drug-likeness (QED) is 0.688. The smallest absolute Gasteiger partial charge is 0.257 e. The number of amides is 3.